The van der Waals surface area contributed by atoms with E-state index in [0.717, 1.165) is 27.0 Å². The van der Waals surface area contributed by atoms with Crippen LogP contribution in [0.2, 0.25) is 10.0 Å². The summed E-state index contributed by atoms with van der Waals surface area (Å²) in [5.74, 6) is -0.868. The highest BCUT2D eigenvalue weighted by Gasteiger charge is 2.30. The number of nitrogens with zero attached hydrogens (tertiary/aromatic N) is 2. The summed E-state index contributed by atoms with van der Waals surface area (Å²) >= 11 is 15.6. The van der Waals surface area contributed by atoms with E-state index in [1.807, 2.05) is 20.8 Å². The third-order valence-corrected chi connectivity index (χ3v) is 8.38. The van der Waals surface area contributed by atoms with Crippen molar-refractivity contribution in [3.63, 3.8) is 0 Å². The van der Waals surface area contributed by atoms with Crippen LogP contribution >= 0.6 is 39.1 Å². The second kappa shape index (κ2) is 12.4. The minimum Gasteiger partial charge on any atom is -0.352 e. The van der Waals surface area contributed by atoms with Gasteiger partial charge in [0.25, 0.3) is 0 Å². The third-order valence-electron chi connectivity index (χ3n) is 5.61. The summed E-state index contributed by atoms with van der Waals surface area (Å²) in [6.45, 7) is 6.83. The molecule has 35 heavy (non-hydrogen) atoms. The second-order valence-corrected chi connectivity index (χ2v) is 12.0. The van der Waals surface area contributed by atoms with Gasteiger partial charge < -0.3 is 10.2 Å². The Kier molecular flexibility index (Phi) is 10.4. The van der Waals surface area contributed by atoms with E-state index >= 15 is 0 Å². The van der Waals surface area contributed by atoms with Gasteiger partial charge in [-0.1, -0.05) is 52.1 Å². The van der Waals surface area contributed by atoms with Crippen LogP contribution in [0.1, 0.15) is 38.3 Å². The van der Waals surface area contributed by atoms with Crippen molar-refractivity contribution in [2.24, 2.45) is 0 Å². The SMILES string of the molecule is CC[C@H](C)NC(=O)[C@H](C)N(Cc1ccc(Cl)c(Cl)c1)C(=O)CN(c1ccc(Br)c(C)c1)S(C)(=O)=O. The lowest BCUT2D eigenvalue weighted by Crippen LogP contribution is -2.52. The smallest absolute Gasteiger partial charge is 0.244 e. The number of hydrogen-bond donors (Lipinski definition) is 1. The van der Waals surface area contributed by atoms with Gasteiger partial charge in [-0.25, -0.2) is 8.42 Å². The van der Waals surface area contributed by atoms with Gasteiger partial charge >= 0.3 is 0 Å². The van der Waals surface area contributed by atoms with Crippen molar-refractivity contribution in [3.05, 3.63) is 62.0 Å². The molecule has 2 rings (SSSR count). The number of hydrogen-bond acceptors (Lipinski definition) is 4. The topological polar surface area (TPSA) is 86.8 Å². The molecule has 0 aliphatic heterocycles. The number of carbonyl (C=O) groups is 2. The summed E-state index contributed by atoms with van der Waals surface area (Å²) in [5, 5.41) is 3.56. The zero-order valence-electron chi connectivity index (χ0n) is 20.3. The van der Waals surface area contributed by atoms with Crippen LogP contribution in [0.25, 0.3) is 0 Å². The molecule has 2 aromatic carbocycles. The van der Waals surface area contributed by atoms with Gasteiger partial charge in [0.15, 0.2) is 0 Å². The maximum atomic E-state index is 13.6. The Morgan fingerprint density at radius 2 is 1.74 bits per heavy atom. The van der Waals surface area contributed by atoms with Gasteiger partial charge in [-0.15, -0.1) is 0 Å². The van der Waals surface area contributed by atoms with Crippen LogP contribution < -0.4 is 9.62 Å². The summed E-state index contributed by atoms with van der Waals surface area (Å²) in [7, 11) is -3.80. The molecule has 11 heteroatoms. The maximum absolute atomic E-state index is 13.6. The van der Waals surface area contributed by atoms with Crippen LogP contribution in [0, 0.1) is 6.92 Å². The molecular formula is C24H30BrCl2N3O4S. The lowest BCUT2D eigenvalue weighted by Gasteiger charge is -2.32. The summed E-state index contributed by atoms with van der Waals surface area (Å²) in [5.41, 5.74) is 1.83. The molecule has 0 bridgehead atoms. The highest BCUT2D eigenvalue weighted by molar-refractivity contribution is 9.10. The van der Waals surface area contributed by atoms with Crippen LogP contribution in [0.4, 0.5) is 5.69 Å². The number of nitrogens with one attached hydrogen (secondary N) is 1. The summed E-state index contributed by atoms with van der Waals surface area (Å²) in [4.78, 5) is 27.8. The van der Waals surface area contributed by atoms with Crippen molar-refractivity contribution in [2.75, 3.05) is 17.1 Å². The van der Waals surface area contributed by atoms with E-state index in [0.29, 0.717) is 21.3 Å². The van der Waals surface area contributed by atoms with Crippen molar-refractivity contribution < 1.29 is 18.0 Å². The zero-order chi connectivity index (χ0) is 26.5. The second-order valence-electron chi connectivity index (χ2n) is 8.47. The average Bonchev–Trinajstić information content (AvgIpc) is 2.78. The number of anilines is 1. The van der Waals surface area contributed by atoms with Crippen LogP contribution in [-0.2, 0) is 26.2 Å². The summed E-state index contributed by atoms with van der Waals surface area (Å²) < 4.78 is 27.1. The van der Waals surface area contributed by atoms with E-state index in [1.54, 1.807) is 43.3 Å². The van der Waals surface area contributed by atoms with Gasteiger partial charge in [0.05, 0.1) is 22.0 Å². The molecule has 0 saturated heterocycles. The van der Waals surface area contributed by atoms with Crippen LogP contribution in [0.15, 0.2) is 40.9 Å². The normalized spacial score (nSPS) is 13.1. The monoisotopic (exact) mass is 605 g/mol. The number of halogens is 3. The first-order valence-corrected chi connectivity index (χ1v) is 14.4. The minimum atomic E-state index is -3.80. The van der Waals surface area contributed by atoms with Gasteiger partial charge in [0.1, 0.15) is 12.6 Å². The Morgan fingerprint density at radius 1 is 1.09 bits per heavy atom. The van der Waals surface area contributed by atoms with Crippen molar-refractivity contribution in [1.29, 1.82) is 0 Å². The minimum absolute atomic E-state index is 0.0434. The highest BCUT2D eigenvalue weighted by Crippen LogP contribution is 2.26. The first-order valence-electron chi connectivity index (χ1n) is 11.0. The van der Waals surface area contributed by atoms with Crippen molar-refractivity contribution in [2.45, 2.75) is 52.7 Å². The fourth-order valence-corrected chi connectivity index (χ4v) is 4.69. The summed E-state index contributed by atoms with van der Waals surface area (Å²) in [6.07, 6.45) is 1.77. The molecule has 0 radical (unpaired) electrons. The molecule has 0 saturated carbocycles. The number of aryl methyl sites for hydroxylation is 1. The van der Waals surface area contributed by atoms with Crippen LogP contribution in [-0.4, -0.2) is 50.0 Å². The van der Waals surface area contributed by atoms with Gasteiger partial charge in [0.2, 0.25) is 21.8 Å². The number of benzene rings is 2. The molecule has 192 valence electrons. The number of carbonyl (C=O) groups excluding carboxylic acids is 2. The van der Waals surface area contributed by atoms with E-state index in [1.165, 1.54) is 4.90 Å². The lowest BCUT2D eigenvalue weighted by atomic mass is 10.1. The number of sulfonamides is 1. The number of amides is 2. The van der Waals surface area contributed by atoms with E-state index < -0.39 is 28.5 Å². The first-order chi connectivity index (χ1) is 16.2. The predicted octanol–water partition coefficient (Wildman–Crippen LogP) is 5.16. The molecule has 0 spiro atoms. The van der Waals surface area contributed by atoms with E-state index in [9.17, 15) is 18.0 Å². The largest absolute Gasteiger partial charge is 0.352 e. The standard InChI is InChI=1S/C24H30BrCl2N3O4S/c1-6-16(3)28-24(32)17(4)29(13-18-7-10-21(26)22(27)12-18)23(31)14-30(35(5,33)34)19-8-9-20(25)15(2)11-19/h7-12,16-17H,6,13-14H2,1-5H3,(H,28,32)/t16-,17-/m0/s1. The van der Waals surface area contributed by atoms with Gasteiger partial charge in [-0.2, -0.15) is 0 Å². The molecule has 0 fully saturated rings. The Morgan fingerprint density at radius 3 is 2.29 bits per heavy atom. The Balaban J connectivity index is 2.43. The molecule has 0 aromatic heterocycles. The van der Waals surface area contributed by atoms with E-state index in [4.69, 9.17) is 23.2 Å². The molecule has 7 nitrogen and oxygen atoms in total. The van der Waals surface area contributed by atoms with Crippen molar-refractivity contribution in [3.8, 4) is 0 Å². The third kappa shape index (κ3) is 8.10. The molecule has 2 amide bonds. The van der Waals surface area contributed by atoms with Crippen molar-refractivity contribution in [1.82, 2.24) is 10.2 Å². The fourth-order valence-electron chi connectivity index (χ4n) is 3.28. The van der Waals surface area contributed by atoms with Crippen molar-refractivity contribution >= 4 is 66.7 Å². The number of rotatable bonds is 10. The highest BCUT2D eigenvalue weighted by atomic mass is 79.9. The van der Waals surface area contributed by atoms with Gasteiger partial charge in [-0.3, -0.25) is 13.9 Å². The lowest BCUT2D eigenvalue weighted by molar-refractivity contribution is -0.139. The Bertz CT molecular complexity index is 1190. The molecule has 2 atom stereocenters. The maximum Gasteiger partial charge on any atom is 0.244 e. The van der Waals surface area contributed by atoms with E-state index in [-0.39, 0.29) is 18.5 Å². The van der Waals surface area contributed by atoms with Gasteiger partial charge in [0, 0.05) is 17.1 Å². The first kappa shape index (κ1) is 29.4. The van der Waals surface area contributed by atoms with Crippen LogP contribution in [0.5, 0.6) is 0 Å². The molecule has 1 N–H and O–H groups in total. The molecule has 0 aliphatic rings. The molecule has 2 aromatic rings. The molecule has 0 aliphatic carbocycles. The zero-order valence-corrected chi connectivity index (χ0v) is 24.2. The van der Waals surface area contributed by atoms with E-state index in [2.05, 4.69) is 21.2 Å². The Hall–Kier alpha value is -1.81. The predicted molar refractivity (Wildman–Crippen MR) is 145 cm³/mol. The Labute approximate surface area is 225 Å². The fraction of sp³-hybridized carbons (Fsp3) is 0.417. The molecular weight excluding hydrogens is 577 g/mol. The van der Waals surface area contributed by atoms with Crippen LogP contribution in [0.3, 0.4) is 0 Å². The molecule has 0 heterocycles. The summed E-state index contributed by atoms with van der Waals surface area (Å²) in [6, 6.07) is 9.02. The van der Waals surface area contributed by atoms with Gasteiger partial charge in [-0.05, 0) is 68.7 Å². The average molecular weight is 607 g/mol. The quantitative estimate of drug-likeness (QED) is 0.405. The molecule has 0 unspecified atom stereocenters.